The third kappa shape index (κ3) is 2.98. The van der Waals surface area contributed by atoms with Crippen LogP contribution in [0.2, 0.25) is 0 Å². The van der Waals surface area contributed by atoms with Crippen molar-refractivity contribution in [1.82, 2.24) is 4.98 Å². The number of anilines is 1. The van der Waals surface area contributed by atoms with Crippen LogP contribution in [0.4, 0.5) is 10.1 Å². The molecular formula is C13H11FN2O3. The number of aromatic nitrogens is 1. The fourth-order valence-electron chi connectivity index (χ4n) is 1.47. The number of methoxy groups -OCH3 is 1. The van der Waals surface area contributed by atoms with Crippen molar-refractivity contribution in [3.63, 3.8) is 0 Å². The molecule has 19 heavy (non-hydrogen) atoms. The number of carbonyl (C=O) groups excluding carboxylic acids is 1. The zero-order valence-electron chi connectivity index (χ0n) is 10.1. The van der Waals surface area contributed by atoms with Gasteiger partial charge in [-0.3, -0.25) is 4.79 Å². The van der Waals surface area contributed by atoms with E-state index in [0.29, 0.717) is 11.6 Å². The second-order valence-corrected chi connectivity index (χ2v) is 3.70. The minimum Gasteiger partial charge on any atom is -0.507 e. The molecule has 0 aliphatic rings. The van der Waals surface area contributed by atoms with Crippen molar-refractivity contribution in [2.75, 3.05) is 12.4 Å². The second kappa shape index (κ2) is 5.34. The van der Waals surface area contributed by atoms with Crippen molar-refractivity contribution in [3.05, 3.63) is 47.9 Å². The molecule has 0 saturated heterocycles. The molecule has 0 aliphatic heterocycles. The summed E-state index contributed by atoms with van der Waals surface area (Å²) in [5, 5.41) is 12.0. The Labute approximate surface area is 108 Å². The largest absolute Gasteiger partial charge is 0.507 e. The number of pyridine rings is 1. The fraction of sp³-hybridized carbons (Fsp3) is 0.0769. The lowest BCUT2D eigenvalue weighted by Gasteiger charge is -2.07. The van der Waals surface area contributed by atoms with Crippen LogP contribution in [-0.2, 0) is 0 Å². The molecule has 0 aliphatic carbocycles. The number of amides is 1. The number of benzene rings is 1. The van der Waals surface area contributed by atoms with E-state index in [9.17, 15) is 14.3 Å². The lowest BCUT2D eigenvalue weighted by atomic mass is 10.2. The van der Waals surface area contributed by atoms with Crippen LogP contribution in [-0.4, -0.2) is 23.1 Å². The number of aromatic hydroxyl groups is 1. The Morgan fingerprint density at radius 3 is 2.74 bits per heavy atom. The molecule has 2 rings (SSSR count). The Kier molecular flexibility index (Phi) is 3.61. The van der Waals surface area contributed by atoms with Crippen molar-refractivity contribution in [1.29, 1.82) is 0 Å². The summed E-state index contributed by atoms with van der Waals surface area (Å²) in [6.45, 7) is 0. The molecule has 1 amide bonds. The standard InChI is InChI=1S/C13H11FN2O3/c1-19-12-5-3-9(7-15-12)16-13(18)10-4-2-8(14)6-11(10)17/h2-7,17H,1H3,(H,16,18). The van der Waals surface area contributed by atoms with Gasteiger partial charge in [0.25, 0.3) is 5.91 Å². The molecule has 0 unspecified atom stereocenters. The van der Waals surface area contributed by atoms with Gasteiger partial charge in [0.1, 0.15) is 11.6 Å². The molecule has 0 radical (unpaired) electrons. The summed E-state index contributed by atoms with van der Waals surface area (Å²) in [6, 6.07) is 6.36. The summed E-state index contributed by atoms with van der Waals surface area (Å²) in [4.78, 5) is 15.8. The molecule has 0 atom stereocenters. The molecule has 1 aromatic carbocycles. The number of rotatable bonds is 3. The van der Waals surface area contributed by atoms with Gasteiger partial charge in [0.05, 0.1) is 24.6 Å². The molecule has 2 N–H and O–H groups in total. The zero-order valence-corrected chi connectivity index (χ0v) is 10.1. The Balaban J connectivity index is 2.15. The number of hydrogen-bond donors (Lipinski definition) is 2. The van der Waals surface area contributed by atoms with Crippen LogP contribution in [0.1, 0.15) is 10.4 Å². The van der Waals surface area contributed by atoms with E-state index in [4.69, 9.17) is 4.74 Å². The number of nitrogens with one attached hydrogen (secondary N) is 1. The normalized spacial score (nSPS) is 10.0. The third-order valence-corrected chi connectivity index (χ3v) is 2.41. The van der Waals surface area contributed by atoms with Gasteiger partial charge < -0.3 is 15.2 Å². The summed E-state index contributed by atoms with van der Waals surface area (Å²) in [6.07, 6.45) is 1.41. The van der Waals surface area contributed by atoms with E-state index in [1.807, 2.05) is 0 Å². The van der Waals surface area contributed by atoms with E-state index < -0.39 is 17.5 Å². The van der Waals surface area contributed by atoms with E-state index in [2.05, 4.69) is 10.3 Å². The number of hydrogen-bond acceptors (Lipinski definition) is 4. The number of nitrogens with zero attached hydrogens (tertiary/aromatic N) is 1. The number of ether oxygens (including phenoxy) is 1. The Hall–Kier alpha value is -2.63. The molecule has 2 aromatic rings. The van der Waals surface area contributed by atoms with Crippen LogP contribution in [0.3, 0.4) is 0 Å². The van der Waals surface area contributed by atoms with Gasteiger partial charge in [0, 0.05) is 12.1 Å². The van der Waals surface area contributed by atoms with Crippen LogP contribution in [0, 0.1) is 5.82 Å². The van der Waals surface area contributed by atoms with E-state index in [1.165, 1.54) is 19.4 Å². The lowest BCUT2D eigenvalue weighted by molar-refractivity contribution is 0.102. The average Bonchev–Trinajstić information content (AvgIpc) is 2.39. The molecule has 1 aromatic heterocycles. The summed E-state index contributed by atoms with van der Waals surface area (Å²) in [5.74, 6) is -1.16. The summed E-state index contributed by atoms with van der Waals surface area (Å²) in [5.41, 5.74) is 0.423. The van der Waals surface area contributed by atoms with Gasteiger partial charge in [0.15, 0.2) is 0 Å². The van der Waals surface area contributed by atoms with Gasteiger partial charge in [-0.05, 0) is 18.2 Å². The van der Waals surface area contributed by atoms with Gasteiger partial charge in [-0.15, -0.1) is 0 Å². The van der Waals surface area contributed by atoms with Crippen molar-refractivity contribution in [3.8, 4) is 11.6 Å². The third-order valence-electron chi connectivity index (χ3n) is 2.41. The van der Waals surface area contributed by atoms with Crippen molar-refractivity contribution in [2.45, 2.75) is 0 Å². The van der Waals surface area contributed by atoms with E-state index >= 15 is 0 Å². The number of carbonyl (C=O) groups is 1. The van der Waals surface area contributed by atoms with E-state index in [-0.39, 0.29) is 5.56 Å². The summed E-state index contributed by atoms with van der Waals surface area (Å²) >= 11 is 0. The Morgan fingerprint density at radius 2 is 2.16 bits per heavy atom. The number of halogens is 1. The highest BCUT2D eigenvalue weighted by Crippen LogP contribution is 2.20. The topological polar surface area (TPSA) is 71.5 Å². The first kappa shape index (κ1) is 12.8. The average molecular weight is 262 g/mol. The predicted octanol–water partition coefficient (Wildman–Crippen LogP) is 2.19. The molecule has 0 fully saturated rings. The quantitative estimate of drug-likeness (QED) is 0.889. The van der Waals surface area contributed by atoms with Gasteiger partial charge in [-0.2, -0.15) is 0 Å². The maximum atomic E-state index is 12.8. The molecule has 98 valence electrons. The maximum absolute atomic E-state index is 12.8. The van der Waals surface area contributed by atoms with Crippen LogP contribution in [0.25, 0.3) is 0 Å². The smallest absolute Gasteiger partial charge is 0.259 e. The molecule has 0 saturated carbocycles. The van der Waals surface area contributed by atoms with Gasteiger partial charge >= 0.3 is 0 Å². The highest BCUT2D eigenvalue weighted by atomic mass is 19.1. The predicted molar refractivity (Wildman–Crippen MR) is 66.8 cm³/mol. The first-order chi connectivity index (χ1) is 9.10. The number of phenols is 1. The molecule has 5 nitrogen and oxygen atoms in total. The number of phenolic OH excluding ortho intramolecular Hbond substituents is 1. The van der Waals surface area contributed by atoms with E-state index in [0.717, 1.165) is 12.1 Å². The molecule has 6 heteroatoms. The summed E-state index contributed by atoms with van der Waals surface area (Å²) < 4.78 is 17.7. The lowest BCUT2D eigenvalue weighted by Crippen LogP contribution is -2.12. The SMILES string of the molecule is COc1ccc(NC(=O)c2ccc(F)cc2O)cn1. The zero-order chi connectivity index (χ0) is 13.8. The van der Waals surface area contributed by atoms with Crippen LogP contribution in [0.5, 0.6) is 11.6 Å². The maximum Gasteiger partial charge on any atom is 0.259 e. The molecule has 0 bridgehead atoms. The monoisotopic (exact) mass is 262 g/mol. The Morgan fingerprint density at radius 1 is 1.37 bits per heavy atom. The summed E-state index contributed by atoms with van der Waals surface area (Å²) in [7, 11) is 1.48. The molecular weight excluding hydrogens is 251 g/mol. The minimum atomic E-state index is -0.611. The Bertz CT molecular complexity index is 599. The van der Waals surface area contributed by atoms with Gasteiger partial charge in [-0.25, -0.2) is 9.37 Å². The molecule has 0 spiro atoms. The second-order valence-electron chi connectivity index (χ2n) is 3.70. The highest BCUT2D eigenvalue weighted by Gasteiger charge is 2.12. The van der Waals surface area contributed by atoms with Gasteiger partial charge in [-0.1, -0.05) is 0 Å². The van der Waals surface area contributed by atoms with Crippen LogP contribution >= 0.6 is 0 Å². The highest BCUT2D eigenvalue weighted by molar-refractivity contribution is 6.06. The first-order valence-electron chi connectivity index (χ1n) is 5.40. The van der Waals surface area contributed by atoms with Crippen molar-refractivity contribution < 1.29 is 19.0 Å². The van der Waals surface area contributed by atoms with Crippen LogP contribution in [0.15, 0.2) is 36.5 Å². The first-order valence-corrected chi connectivity index (χ1v) is 5.40. The van der Waals surface area contributed by atoms with Crippen LogP contribution < -0.4 is 10.1 Å². The van der Waals surface area contributed by atoms with E-state index in [1.54, 1.807) is 12.1 Å². The van der Waals surface area contributed by atoms with Gasteiger partial charge in [0.2, 0.25) is 5.88 Å². The minimum absolute atomic E-state index is 0.0165. The van der Waals surface area contributed by atoms with Crippen molar-refractivity contribution in [2.24, 2.45) is 0 Å². The van der Waals surface area contributed by atoms with Crippen molar-refractivity contribution >= 4 is 11.6 Å². The molecule has 1 heterocycles. The fourth-order valence-corrected chi connectivity index (χ4v) is 1.47.